The van der Waals surface area contributed by atoms with Gasteiger partial charge in [-0.2, -0.15) is 0 Å². The van der Waals surface area contributed by atoms with Gasteiger partial charge in [-0.3, -0.25) is 14.4 Å². The first-order valence-corrected chi connectivity index (χ1v) is 10.8. The van der Waals surface area contributed by atoms with Crippen molar-refractivity contribution < 1.29 is 24.2 Å². The molecule has 1 aliphatic rings. The maximum absolute atomic E-state index is 13.3. The number of rotatable bonds is 6. The van der Waals surface area contributed by atoms with Gasteiger partial charge in [0.25, 0.3) is 5.91 Å². The van der Waals surface area contributed by atoms with E-state index >= 15 is 0 Å². The predicted octanol–water partition coefficient (Wildman–Crippen LogP) is 2.95. The molecule has 3 aromatic rings. The third-order valence-electron chi connectivity index (χ3n) is 6.23. The van der Waals surface area contributed by atoms with Gasteiger partial charge in [-0.15, -0.1) is 0 Å². The van der Waals surface area contributed by atoms with Crippen molar-refractivity contribution in [3.63, 3.8) is 0 Å². The second-order valence-electron chi connectivity index (χ2n) is 8.50. The summed E-state index contributed by atoms with van der Waals surface area (Å²) in [6.07, 6.45) is 0.195. The van der Waals surface area contributed by atoms with Gasteiger partial charge in [0.15, 0.2) is 5.78 Å². The molecule has 1 heterocycles. The smallest absolute Gasteiger partial charge is 0.252 e. The van der Waals surface area contributed by atoms with E-state index in [4.69, 9.17) is 4.74 Å². The topological polar surface area (TPSA) is 105 Å². The van der Waals surface area contributed by atoms with E-state index in [0.29, 0.717) is 5.56 Å². The first-order valence-electron chi connectivity index (χ1n) is 10.8. The van der Waals surface area contributed by atoms with Crippen LogP contribution in [-0.2, 0) is 20.7 Å². The molecule has 4 rings (SSSR count). The summed E-state index contributed by atoms with van der Waals surface area (Å²) in [6.45, 7) is 3.30. The quantitative estimate of drug-likeness (QED) is 0.540. The highest BCUT2D eigenvalue weighted by atomic mass is 16.5. The standard InChI is InChI=1S/C26H26N2O5/c1-16-23(30)15-33-26(16,2)28-25(32)22(14-17-10-12-19(29)13-11-17)27-24(31)21-9-5-7-18-6-3-4-8-20(18)21/h3-13,16,22,29H,14-15H2,1-2H3,(H,27,31)(H,28,32). The second kappa shape index (κ2) is 9.03. The molecule has 170 valence electrons. The number of phenolic OH excluding ortho intramolecular Hbond substituents is 1. The number of benzene rings is 3. The number of aromatic hydroxyl groups is 1. The minimum atomic E-state index is -1.15. The summed E-state index contributed by atoms with van der Waals surface area (Å²) in [6, 6.07) is 18.5. The van der Waals surface area contributed by atoms with Crippen LogP contribution in [0.3, 0.4) is 0 Å². The van der Waals surface area contributed by atoms with Crippen molar-refractivity contribution in [2.24, 2.45) is 5.92 Å². The lowest BCUT2D eigenvalue weighted by molar-refractivity contribution is -0.132. The van der Waals surface area contributed by atoms with Gasteiger partial charge in [-0.25, -0.2) is 0 Å². The van der Waals surface area contributed by atoms with Crippen molar-refractivity contribution in [2.45, 2.75) is 32.0 Å². The number of carbonyl (C=O) groups excluding carboxylic acids is 3. The number of amides is 2. The van der Waals surface area contributed by atoms with Crippen LogP contribution in [0.4, 0.5) is 0 Å². The van der Waals surface area contributed by atoms with E-state index < -0.39 is 23.6 Å². The molecule has 1 aliphatic heterocycles. The molecule has 0 aromatic heterocycles. The molecule has 33 heavy (non-hydrogen) atoms. The molecule has 3 aromatic carbocycles. The van der Waals surface area contributed by atoms with Crippen molar-refractivity contribution in [2.75, 3.05) is 6.61 Å². The monoisotopic (exact) mass is 446 g/mol. The van der Waals surface area contributed by atoms with Crippen LogP contribution in [-0.4, -0.2) is 41.1 Å². The molecule has 1 fully saturated rings. The van der Waals surface area contributed by atoms with Gasteiger partial charge in [0, 0.05) is 12.0 Å². The SMILES string of the molecule is CC1C(=O)COC1(C)NC(=O)C(Cc1ccc(O)cc1)NC(=O)c1cccc2ccccc12. The van der Waals surface area contributed by atoms with Gasteiger partial charge in [0.2, 0.25) is 5.91 Å². The number of carbonyl (C=O) groups is 3. The molecule has 1 saturated heterocycles. The molecule has 0 spiro atoms. The van der Waals surface area contributed by atoms with Crippen molar-refractivity contribution in [3.8, 4) is 5.75 Å². The number of ketones is 1. The summed E-state index contributed by atoms with van der Waals surface area (Å²) < 4.78 is 5.57. The first kappa shape index (κ1) is 22.5. The second-order valence-corrected chi connectivity index (χ2v) is 8.50. The largest absolute Gasteiger partial charge is 0.508 e. The minimum Gasteiger partial charge on any atom is -0.508 e. The normalized spacial score (nSPS) is 21.0. The van der Waals surface area contributed by atoms with Crippen molar-refractivity contribution in [1.29, 1.82) is 0 Å². The van der Waals surface area contributed by atoms with Gasteiger partial charge in [-0.1, -0.05) is 55.5 Å². The number of hydrogen-bond donors (Lipinski definition) is 3. The van der Waals surface area contributed by atoms with Crippen molar-refractivity contribution in [1.82, 2.24) is 10.6 Å². The molecule has 2 amide bonds. The molecule has 7 heteroatoms. The maximum Gasteiger partial charge on any atom is 0.252 e. The Balaban J connectivity index is 1.60. The average Bonchev–Trinajstić information content (AvgIpc) is 3.06. The summed E-state index contributed by atoms with van der Waals surface area (Å²) in [5.41, 5.74) is 0.0715. The zero-order chi connectivity index (χ0) is 23.6. The fourth-order valence-electron chi connectivity index (χ4n) is 3.99. The number of fused-ring (bicyclic) bond motifs is 1. The zero-order valence-corrected chi connectivity index (χ0v) is 18.5. The van der Waals surface area contributed by atoms with Crippen LogP contribution >= 0.6 is 0 Å². The number of phenols is 1. The Labute approximate surface area is 191 Å². The van der Waals surface area contributed by atoms with Crippen LogP contribution in [0.25, 0.3) is 10.8 Å². The van der Waals surface area contributed by atoms with Crippen molar-refractivity contribution >= 4 is 28.4 Å². The van der Waals surface area contributed by atoms with Gasteiger partial charge >= 0.3 is 0 Å². The Morgan fingerprint density at radius 1 is 1.09 bits per heavy atom. The maximum atomic E-state index is 13.3. The third kappa shape index (κ3) is 4.73. The summed E-state index contributed by atoms with van der Waals surface area (Å²) in [5.74, 6) is -1.33. The van der Waals surface area contributed by atoms with E-state index in [1.165, 1.54) is 12.1 Å². The Bertz CT molecular complexity index is 1200. The molecule has 7 nitrogen and oxygen atoms in total. The summed E-state index contributed by atoms with van der Waals surface area (Å²) in [5, 5.41) is 16.9. The van der Waals surface area contributed by atoms with Gasteiger partial charge in [0.05, 0.1) is 5.92 Å². The average molecular weight is 447 g/mol. The molecule has 3 unspecified atom stereocenters. The molecule has 0 saturated carbocycles. The fraction of sp³-hybridized carbons (Fsp3) is 0.269. The molecular weight excluding hydrogens is 420 g/mol. The molecule has 0 aliphatic carbocycles. The molecule has 3 atom stereocenters. The number of ether oxygens (including phenoxy) is 1. The fourth-order valence-corrected chi connectivity index (χ4v) is 3.99. The van der Waals surface area contributed by atoms with E-state index in [2.05, 4.69) is 10.6 Å². The Kier molecular flexibility index (Phi) is 6.16. The van der Waals surface area contributed by atoms with Gasteiger partial charge < -0.3 is 20.5 Å². The summed E-state index contributed by atoms with van der Waals surface area (Å²) >= 11 is 0. The van der Waals surface area contributed by atoms with E-state index in [9.17, 15) is 19.5 Å². The lowest BCUT2D eigenvalue weighted by atomic mass is 9.96. The van der Waals surface area contributed by atoms with E-state index in [0.717, 1.165) is 16.3 Å². The minimum absolute atomic E-state index is 0.0665. The van der Waals surface area contributed by atoms with Gasteiger partial charge in [-0.05, 0) is 41.5 Å². The van der Waals surface area contributed by atoms with Crippen LogP contribution in [0.5, 0.6) is 5.75 Å². The van der Waals surface area contributed by atoms with Gasteiger partial charge in [0.1, 0.15) is 24.1 Å². The van der Waals surface area contributed by atoms with Crippen LogP contribution in [0.15, 0.2) is 66.7 Å². The highest BCUT2D eigenvalue weighted by molar-refractivity contribution is 6.08. The number of nitrogens with one attached hydrogen (secondary N) is 2. The Hall–Kier alpha value is -3.71. The van der Waals surface area contributed by atoms with E-state index in [1.54, 1.807) is 38.1 Å². The number of hydrogen-bond acceptors (Lipinski definition) is 5. The molecule has 0 bridgehead atoms. The third-order valence-corrected chi connectivity index (χ3v) is 6.23. The van der Waals surface area contributed by atoms with Crippen LogP contribution in [0.1, 0.15) is 29.8 Å². The Morgan fingerprint density at radius 3 is 2.48 bits per heavy atom. The van der Waals surface area contributed by atoms with Crippen LogP contribution in [0, 0.1) is 5.92 Å². The highest BCUT2D eigenvalue weighted by Crippen LogP contribution is 2.27. The summed E-state index contributed by atoms with van der Waals surface area (Å²) in [4.78, 5) is 38.5. The molecule has 0 radical (unpaired) electrons. The van der Waals surface area contributed by atoms with E-state index in [-0.39, 0.29) is 30.5 Å². The summed E-state index contributed by atoms with van der Waals surface area (Å²) in [7, 11) is 0. The lowest BCUT2D eigenvalue weighted by Gasteiger charge is -2.30. The van der Waals surface area contributed by atoms with Crippen molar-refractivity contribution in [3.05, 3.63) is 77.9 Å². The van der Waals surface area contributed by atoms with E-state index in [1.807, 2.05) is 30.3 Å². The zero-order valence-electron chi connectivity index (χ0n) is 18.5. The molecule has 3 N–H and O–H groups in total. The lowest BCUT2D eigenvalue weighted by Crippen LogP contribution is -2.57. The predicted molar refractivity (Wildman–Crippen MR) is 124 cm³/mol. The Morgan fingerprint density at radius 2 is 1.79 bits per heavy atom. The highest BCUT2D eigenvalue weighted by Gasteiger charge is 2.45. The number of Topliss-reactive ketones (excluding diaryl/α,β-unsaturated/α-hetero) is 1. The van der Waals surface area contributed by atoms with Crippen LogP contribution < -0.4 is 10.6 Å². The first-order chi connectivity index (χ1) is 15.8. The molecular formula is C26H26N2O5. The van der Waals surface area contributed by atoms with Crippen LogP contribution in [0.2, 0.25) is 0 Å².